The van der Waals surface area contributed by atoms with Crippen LogP contribution in [0.2, 0.25) is 0 Å². The van der Waals surface area contributed by atoms with E-state index in [1.54, 1.807) is 25.4 Å². The highest BCUT2D eigenvalue weighted by atomic mass is 16.5. The average Bonchev–Trinajstić information content (AvgIpc) is 2.98. The first-order valence-electron chi connectivity index (χ1n) is 12.6. The lowest BCUT2D eigenvalue weighted by Crippen LogP contribution is -2.07. The number of ether oxygens (including phenoxy) is 4. The molecule has 2 heterocycles. The van der Waals surface area contributed by atoms with Crippen molar-refractivity contribution in [2.24, 2.45) is 0 Å². The molecule has 39 heavy (non-hydrogen) atoms. The molecular formula is C31H32N2O6. The highest BCUT2D eigenvalue weighted by Crippen LogP contribution is 2.20. The Morgan fingerprint density at radius 3 is 2.51 bits per heavy atom. The Hall–Kier alpha value is -4.64. The predicted molar refractivity (Wildman–Crippen MR) is 148 cm³/mol. The van der Waals surface area contributed by atoms with Crippen LogP contribution in [0, 0.1) is 11.8 Å². The SMILES string of the molecule is COC(=O)CCc1nc(C#Cc2cncc(C(=O)OC)c2)ccc1OCCCC/C=C/c1ccc(OC)cc1. The minimum atomic E-state index is -0.482. The number of hydrogen-bond acceptors (Lipinski definition) is 8. The fourth-order valence-electron chi connectivity index (χ4n) is 3.55. The van der Waals surface area contributed by atoms with Gasteiger partial charge in [-0.05, 0) is 61.1 Å². The highest BCUT2D eigenvalue weighted by Gasteiger charge is 2.10. The van der Waals surface area contributed by atoms with Crippen molar-refractivity contribution in [2.45, 2.75) is 32.1 Å². The van der Waals surface area contributed by atoms with E-state index in [0.29, 0.717) is 41.3 Å². The molecule has 0 atom stereocenters. The fourth-order valence-corrected chi connectivity index (χ4v) is 3.55. The van der Waals surface area contributed by atoms with Crippen LogP contribution in [0.5, 0.6) is 11.5 Å². The maximum absolute atomic E-state index is 11.7. The van der Waals surface area contributed by atoms with Gasteiger partial charge in [0, 0.05) is 24.4 Å². The number of methoxy groups -OCH3 is 3. The molecule has 1 aromatic carbocycles. The number of hydrogen-bond donors (Lipinski definition) is 0. The molecule has 8 nitrogen and oxygen atoms in total. The van der Waals surface area contributed by atoms with E-state index in [4.69, 9.17) is 18.9 Å². The average molecular weight is 529 g/mol. The van der Waals surface area contributed by atoms with Gasteiger partial charge in [0.25, 0.3) is 0 Å². The van der Waals surface area contributed by atoms with E-state index in [9.17, 15) is 9.59 Å². The van der Waals surface area contributed by atoms with Gasteiger partial charge in [0.05, 0.1) is 45.6 Å². The second kappa shape index (κ2) is 15.6. The van der Waals surface area contributed by atoms with Gasteiger partial charge in [0.1, 0.15) is 17.2 Å². The van der Waals surface area contributed by atoms with Gasteiger partial charge in [0.2, 0.25) is 0 Å². The maximum atomic E-state index is 11.7. The molecule has 0 saturated heterocycles. The van der Waals surface area contributed by atoms with Crippen molar-refractivity contribution in [1.29, 1.82) is 0 Å². The van der Waals surface area contributed by atoms with Gasteiger partial charge >= 0.3 is 11.9 Å². The Labute approximate surface area is 229 Å². The van der Waals surface area contributed by atoms with E-state index in [1.807, 2.05) is 30.3 Å². The molecule has 0 spiro atoms. The highest BCUT2D eigenvalue weighted by molar-refractivity contribution is 5.89. The smallest absolute Gasteiger partial charge is 0.339 e. The summed E-state index contributed by atoms with van der Waals surface area (Å²) >= 11 is 0. The monoisotopic (exact) mass is 528 g/mol. The number of aromatic nitrogens is 2. The van der Waals surface area contributed by atoms with Crippen molar-refractivity contribution >= 4 is 18.0 Å². The third-order valence-electron chi connectivity index (χ3n) is 5.67. The number of nitrogens with zero attached hydrogens (tertiary/aromatic N) is 2. The minimum absolute atomic E-state index is 0.179. The maximum Gasteiger partial charge on any atom is 0.339 e. The lowest BCUT2D eigenvalue weighted by molar-refractivity contribution is -0.140. The summed E-state index contributed by atoms with van der Waals surface area (Å²) in [5.74, 6) is 6.60. The first-order valence-corrected chi connectivity index (χ1v) is 12.6. The van der Waals surface area contributed by atoms with Gasteiger partial charge < -0.3 is 18.9 Å². The topological polar surface area (TPSA) is 96.8 Å². The first-order chi connectivity index (χ1) is 19.0. The molecule has 0 aliphatic carbocycles. The van der Waals surface area contributed by atoms with E-state index in [2.05, 4.69) is 34.0 Å². The number of pyridine rings is 2. The second-order valence-electron chi connectivity index (χ2n) is 8.44. The van der Waals surface area contributed by atoms with Crippen molar-refractivity contribution in [3.63, 3.8) is 0 Å². The van der Waals surface area contributed by atoms with E-state index < -0.39 is 5.97 Å². The number of allylic oxidation sites excluding steroid dienone is 1. The summed E-state index contributed by atoms with van der Waals surface area (Å²) in [6.07, 6.45) is 10.5. The lowest BCUT2D eigenvalue weighted by Gasteiger charge is -2.11. The summed E-state index contributed by atoms with van der Waals surface area (Å²) in [5.41, 5.74) is 3.14. The molecule has 0 aliphatic heterocycles. The van der Waals surface area contributed by atoms with Crippen molar-refractivity contribution in [3.05, 3.63) is 89.0 Å². The zero-order valence-electron chi connectivity index (χ0n) is 22.4. The molecule has 0 radical (unpaired) electrons. The Morgan fingerprint density at radius 2 is 1.77 bits per heavy atom. The van der Waals surface area contributed by atoms with Crippen LogP contribution in [0.4, 0.5) is 0 Å². The molecule has 0 unspecified atom stereocenters. The van der Waals surface area contributed by atoms with Crippen LogP contribution in [-0.4, -0.2) is 49.8 Å². The Morgan fingerprint density at radius 1 is 0.949 bits per heavy atom. The summed E-state index contributed by atoms with van der Waals surface area (Å²) < 4.78 is 20.7. The third-order valence-corrected chi connectivity index (χ3v) is 5.67. The molecule has 0 aliphatic rings. The summed E-state index contributed by atoms with van der Waals surface area (Å²) in [4.78, 5) is 32.1. The number of carbonyl (C=O) groups is 2. The van der Waals surface area contributed by atoms with Crippen molar-refractivity contribution in [1.82, 2.24) is 9.97 Å². The largest absolute Gasteiger partial charge is 0.497 e. The fraction of sp³-hybridized carbons (Fsp3) is 0.290. The zero-order chi connectivity index (χ0) is 27.9. The van der Waals surface area contributed by atoms with Gasteiger partial charge in [-0.3, -0.25) is 9.78 Å². The van der Waals surface area contributed by atoms with Crippen LogP contribution in [0.15, 0.2) is 60.9 Å². The Kier molecular flexibility index (Phi) is 11.6. The molecular weight excluding hydrogens is 496 g/mol. The Bertz CT molecular complexity index is 1340. The van der Waals surface area contributed by atoms with Crippen molar-refractivity contribution < 1.29 is 28.5 Å². The third kappa shape index (κ3) is 9.63. The molecule has 0 bridgehead atoms. The van der Waals surface area contributed by atoms with Crippen LogP contribution in [0.25, 0.3) is 6.08 Å². The van der Waals surface area contributed by atoms with E-state index in [-0.39, 0.29) is 12.4 Å². The summed E-state index contributed by atoms with van der Waals surface area (Å²) in [5, 5.41) is 0. The van der Waals surface area contributed by atoms with Gasteiger partial charge in [-0.1, -0.05) is 30.2 Å². The zero-order valence-corrected chi connectivity index (χ0v) is 22.4. The second-order valence-corrected chi connectivity index (χ2v) is 8.44. The van der Waals surface area contributed by atoms with Gasteiger partial charge in [-0.2, -0.15) is 0 Å². The molecule has 3 aromatic rings. The molecule has 0 saturated carbocycles. The summed E-state index contributed by atoms with van der Waals surface area (Å²) in [6, 6.07) is 13.1. The van der Waals surface area contributed by atoms with Crippen LogP contribution in [0.1, 0.15) is 58.6 Å². The van der Waals surface area contributed by atoms with Crippen molar-refractivity contribution in [2.75, 3.05) is 27.9 Å². The minimum Gasteiger partial charge on any atom is -0.497 e. The number of esters is 2. The number of rotatable bonds is 12. The lowest BCUT2D eigenvalue weighted by atomic mass is 10.1. The van der Waals surface area contributed by atoms with E-state index in [1.165, 1.54) is 20.4 Å². The molecule has 2 aromatic heterocycles. The van der Waals surface area contributed by atoms with E-state index in [0.717, 1.165) is 30.6 Å². The number of carbonyl (C=O) groups excluding carboxylic acids is 2. The molecule has 0 amide bonds. The first kappa shape index (κ1) is 28.9. The summed E-state index contributed by atoms with van der Waals surface area (Å²) in [6.45, 7) is 0.528. The molecule has 0 fully saturated rings. The molecule has 0 N–H and O–H groups in total. The van der Waals surface area contributed by atoms with Crippen LogP contribution >= 0.6 is 0 Å². The number of benzene rings is 1. The number of aryl methyl sites for hydroxylation is 1. The molecule has 202 valence electrons. The van der Waals surface area contributed by atoms with Crippen LogP contribution in [-0.2, 0) is 20.7 Å². The normalized spacial score (nSPS) is 10.4. The molecule has 3 rings (SSSR count). The predicted octanol–water partition coefficient (Wildman–Crippen LogP) is 5.04. The Balaban J connectivity index is 1.59. The van der Waals surface area contributed by atoms with Gasteiger partial charge in [-0.15, -0.1) is 0 Å². The van der Waals surface area contributed by atoms with Crippen LogP contribution < -0.4 is 9.47 Å². The van der Waals surface area contributed by atoms with Gasteiger partial charge in [0.15, 0.2) is 0 Å². The molecule has 8 heteroatoms. The van der Waals surface area contributed by atoms with Crippen LogP contribution in [0.3, 0.4) is 0 Å². The quantitative estimate of drug-likeness (QED) is 0.183. The van der Waals surface area contributed by atoms with E-state index >= 15 is 0 Å². The summed E-state index contributed by atoms with van der Waals surface area (Å²) in [7, 11) is 4.32. The van der Waals surface area contributed by atoms with Crippen molar-refractivity contribution in [3.8, 4) is 23.3 Å². The standard InChI is InChI=1S/C31H32N2O6/c1-36-27-14-10-23(11-15-27)8-6-4-5-7-19-39-29-17-13-26(33-28(29)16-18-30(34)37-2)12-9-24-20-25(22-32-21-24)31(35)38-3/h6,8,10-11,13-15,17,20-22H,4-5,7,16,18-19H2,1-3H3/b8-6+. The number of unbranched alkanes of at least 4 members (excludes halogenated alkanes) is 2. The van der Waals surface area contributed by atoms with Gasteiger partial charge in [-0.25, -0.2) is 9.78 Å².